The highest BCUT2D eigenvalue weighted by Crippen LogP contribution is 2.55. The van der Waals surface area contributed by atoms with E-state index in [4.69, 9.17) is 5.73 Å². The summed E-state index contributed by atoms with van der Waals surface area (Å²) in [6.07, 6.45) is 0.809. The number of carbonyl (C=O) groups is 1. The van der Waals surface area contributed by atoms with Gasteiger partial charge in [-0.3, -0.25) is 4.79 Å². The van der Waals surface area contributed by atoms with Gasteiger partial charge in [-0.2, -0.15) is 0 Å². The molecule has 1 saturated carbocycles. The third kappa shape index (κ3) is 2.21. The normalized spacial score (nSPS) is 25.1. The van der Waals surface area contributed by atoms with Gasteiger partial charge in [-0.1, -0.05) is 12.1 Å². The summed E-state index contributed by atoms with van der Waals surface area (Å²) in [5.74, 6) is 0.600. The molecule has 0 spiro atoms. The molecule has 0 bridgehead atoms. The van der Waals surface area contributed by atoms with Crippen LogP contribution in [0.4, 0.5) is 0 Å². The van der Waals surface area contributed by atoms with Gasteiger partial charge >= 0.3 is 0 Å². The topological polar surface area (TPSA) is 66.6 Å². The zero-order valence-electron chi connectivity index (χ0n) is 11.6. The summed E-state index contributed by atoms with van der Waals surface area (Å²) in [5, 5.41) is 9.39. The van der Waals surface area contributed by atoms with Crippen LogP contribution in [0, 0.1) is 5.92 Å². The average molecular weight is 262 g/mol. The Morgan fingerprint density at radius 3 is 2.37 bits per heavy atom. The maximum absolute atomic E-state index is 12.8. The summed E-state index contributed by atoms with van der Waals surface area (Å²) in [6, 6.07) is 6.95. The zero-order chi connectivity index (χ0) is 14.0. The Labute approximate surface area is 114 Å². The Bertz CT molecular complexity index is 454. The summed E-state index contributed by atoms with van der Waals surface area (Å²) in [7, 11) is 0. The van der Waals surface area contributed by atoms with E-state index in [2.05, 4.69) is 0 Å². The molecule has 4 heteroatoms. The first kappa shape index (κ1) is 13.9. The molecule has 0 saturated heterocycles. The molecule has 4 nitrogen and oxygen atoms in total. The van der Waals surface area contributed by atoms with E-state index < -0.39 is 5.41 Å². The van der Waals surface area contributed by atoms with Crippen LogP contribution in [0.3, 0.4) is 0 Å². The lowest BCUT2D eigenvalue weighted by atomic mass is 9.91. The van der Waals surface area contributed by atoms with Gasteiger partial charge in [0.15, 0.2) is 0 Å². The first-order chi connectivity index (χ1) is 9.09. The Kier molecular flexibility index (Phi) is 3.80. The molecule has 0 heterocycles. The smallest absolute Gasteiger partial charge is 0.233 e. The van der Waals surface area contributed by atoms with Gasteiger partial charge in [0.1, 0.15) is 5.75 Å². The van der Waals surface area contributed by atoms with Gasteiger partial charge in [0.05, 0.1) is 5.41 Å². The molecule has 1 aromatic carbocycles. The van der Waals surface area contributed by atoms with Crippen LogP contribution in [0.25, 0.3) is 0 Å². The second-order valence-corrected chi connectivity index (χ2v) is 5.13. The van der Waals surface area contributed by atoms with E-state index in [1.54, 1.807) is 12.1 Å². The second kappa shape index (κ2) is 5.21. The fourth-order valence-electron chi connectivity index (χ4n) is 2.91. The third-order valence-corrected chi connectivity index (χ3v) is 4.20. The first-order valence-corrected chi connectivity index (χ1v) is 6.89. The number of hydrogen-bond donors (Lipinski definition) is 2. The Balaban J connectivity index is 2.34. The van der Waals surface area contributed by atoms with Gasteiger partial charge in [-0.25, -0.2) is 0 Å². The number of phenols is 1. The molecule has 104 valence electrons. The number of nitrogens with zero attached hydrogens (tertiary/aromatic N) is 1. The van der Waals surface area contributed by atoms with Gasteiger partial charge in [-0.15, -0.1) is 0 Å². The zero-order valence-corrected chi connectivity index (χ0v) is 11.6. The third-order valence-electron chi connectivity index (χ3n) is 4.20. The van der Waals surface area contributed by atoms with Crippen molar-refractivity contribution in [3.8, 4) is 5.75 Å². The molecule has 19 heavy (non-hydrogen) atoms. The van der Waals surface area contributed by atoms with E-state index in [0.29, 0.717) is 19.6 Å². The molecule has 1 fully saturated rings. The molecule has 2 atom stereocenters. The van der Waals surface area contributed by atoms with E-state index in [1.165, 1.54) is 0 Å². The molecule has 1 aliphatic rings. The van der Waals surface area contributed by atoms with Gasteiger partial charge in [-0.05, 0) is 50.4 Å². The van der Waals surface area contributed by atoms with Crippen LogP contribution in [0.15, 0.2) is 24.3 Å². The van der Waals surface area contributed by atoms with Crippen molar-refractivity contribution in [1.82, 2.24) is 4.90 Å². The minimum absolute atomic E-state index is 0.165. The number of rotatable bonds is 5. The molecule has 0 unspecified atom stereocenters. The van der Waals surface area contributed by atoms with Crippen molar-refractivity contribution in [2.45, 2.75) is 25.7 Å². The minimum Gasteiger partial charge on any atom is -0.508 e. The molecule has 2 rings (SSSR count). The van der Waals surface area contributed by atoms with Crippen LogP contribution in [0.5, 0.6) is 5.75 Å². The highest BCUT2D eigenvalue weighted by molar-refractivity contribution is 5.92. The molecule has 1 aromatic rings. The number of benzene rings is 1. The van der Waals surface area contributed by atoms with Crippen LogP contribution in [-0.4, -0.2) is 35.5 Å². The number of likely N-dealkylation sites (N-methyl/N-ethyl adjacent to an activating group) is 1. The molecule has 1 aliphatic carbocycles. The van der Waals surface area contributed by atoms with Crippen molar-refractivity contribution in [2.24, 2.45) is 11.7 Å². The first-order valence-electron chi connectivity index (χ1n) is 6.89. The standard InChI is InChI=1S/C15H22N2O2/c1-3-17(4-2)14(19)15(9-12(15)10-16)11-5-7-13(18)8-6-11/h5-8,12,18H,3-4,9-10,16H2,1-2H3/t12-,15+/m0/s1. The van der Waals surface area contributed by atoms with Crippen molar-refractivity contribution >= 4 is 5.91 Å². The largest absolute Gasteiger partial charge is 0.508 e. The van der Waals surface area contributed by atoms with Crippen molar-refractivity contribution in [2.75, 3.05) is 19.6 Å². The van der Waals surface area contributed by atoms with Crippen LogP contribution in [0.1, 0.15) is 25.8 Å². The summed E-state index contributed by atoms with van der Waals surface area (Å²) in [5.41, 5.74) is 6.28. The molecular formula is C15H22N2O2. The number of amides is 1. The van der Waals surface area contributed by atoms with Gasteiger partial charge in [0.25, 0.3) is 0 Å². The van der Waals surface area contributed by atoms with Crippen LogP contribution < -0.4 is 5.73 Å². The van der Waals surface area contributed by atoms with Crippen molar-refractivity contribution in [3.63, 3.8) is 0 Å². The Hall–Kier alpha value is -1.55. The minimum atomic E-state index is -0.464. The van der Waals surface area contributed by atoms with Crippen LogP contribution >= 0.6 is 0 Å². The fourth-order valence-corrected chi connectivity index (χ4v) is 2.91. The highest BCUT2D eigenvalue weighted by Gasteiger charge is 2.61. The SMILES string of the molecule is CCN(CC)C(=O)[C@@]1(c2ccc(O)cc2)C[C@H]1CN. The number of carbonyl (C=O) groups excluding carboxylic acids is 1. The molecular weight excluding hydrogens is 240 g/mol. The van der Waals surface area contributed by atoms with Gasteiger partial charge < -0.3 is 15.7 Å². The summed E-state index contributed by atoms with van der Waals surface area (Å²) in [6.45, 7) is 5.93. The van der Waals surface area contributed by atoms with Crippen molar-refractivity contribution < 1.29 is 9.90 Å². The van der Waals surface area contributed by atoms with E-state index in [-0.39, 0.29) is 17.6 Å². The van der Waals surface area contributed by atoms with Crippen molar-refractivity contribution in [1.29, 1.82) is 0 Å². The highest BCUT2D eigenvalue weighted by atomic mass is 16.3. The number of phenolic OH excluding ortho intramolecular Hbond substituents is 1. The van der Waals surface area contributed by atoms with Crippen LogP contribution in [-0.2, 0) is 10.2 Å². The molecule has 0 aromatic heterocycles. The predicted octanol–water partition coefficient (Wildman–Crippen LogP) is 1.48. The Morgan fingerprint density at radius 2 is 1.95 bits per heavy atom. The predicted molar refractivity (Wildman–Crippen MR) is 74.9 cm³/mol. The lowest BCUT2D eigenvalue weighted by molar-refractivity contribution is -0.134. The lowest BCUT2D eigenvalue weighted by Crippen LogP contribution is -2.40. The van der Waals surface area contributed by atoms with Gasteiger partial charge in [0.2, 0.25) is 5.91 Å². The van der Waals surface area contributed by atoms with Crippen LogP contribution in [0.2, 0.25) is 0 Å². The second-order valence-electron chi connectivity index (χ2n) is 5.13. The monoisotopic (exact) mass is 262 g/mol. The summed E-state index contributed by atoms with van der Waals surface area (Å²) in [4.78, 5) is 14.6. The van der Waals surface area contributed by atoms with E-state index in [1.807, 2.05) is 30.9 Å². The quantitative estimate of drug-likeness (QED) is 0.844. The lowest BCUT2D eigenvalue weighted by Gasteiger charge is -2.26. The number of hydrogen-bond acceptors (Lipinski definition) is 3. The molecule has 1 amide bonds. The van der Waals surface area contributed by atoms with E-state index in [0.717, 1.165) is 12.0 Å². The number of aromatic hydroxyl groups is 1. The molecule has 3 N–H and O–H groups in total. The summed E-state index contributed by atoms with van der Waals surface area (Å²) < 4.78 is 0. The van der Waals surface area contributed by atoms with E-state index >= 15 is 0 Å². The fraction of sp³-hybridized carbons (Fsp3) is 0.533. The number of nitrogens with two attached hydrogens (primary N) is 1. The average Bonchev–Trinajstić information content (AvgIpc) is 3.16. The maximum Gasteiger partial charge on any atom is 0.233 e. The maximum atomic E-state index is 12.8. The molecule has 0 radical (unpaired) electrons. The van der Waals surface area contributed by atoms with Gasteiger partial charge in [0, 0.05) is 13.1 Å². The molecule has 0 aliphatic heterocycles. The van der Waals surface area contributed by atoms with Crippen molar-refractivity contribution in [3.05, 3.63) is 29.8 Å². The Morgan fingerprint density at radius 1 is 1.37 bits per heavy atom. The van der Waals surface area contributed by atoms with E-state index in [9.17, 15) is 9.90 Å². The summed E-state index contributed by atoms with van der Waals surface area (Å²) >= 11 is 0.